The Bertz CT molecular complexity index is 1740. The molecule has 1 aromatic heterocycles. The van der Waals surface area contributed by atoms with Gasteiger partial charge in [0.05, 0.1) is 22.0 Å². The zero-order valence-electron chi connectivity index (χ0n) is 26.9. The Hall–Kier alpha value is -4.34. The molecule has 1 aliphatic heterocycles. The molecule has 0 unspecified atom stereocenters. The van der Waals surface area contributed by atoms with Gasteiger partial charge in [-0.15, -0.1) is 0 Å². The number of amides is 2. The van der Waals surface area contributed by atoms with Crippen LogP contribution in [0.15, 0.2) is 65.3 Å². The molecule has 2 N–H and O–H groups in total. The molecule has 1 saturated heterocycles. The largest absolute Gasteiger partial charge is 0.448 e. The highest BCUT2D eigenvalue weighted by Gasteiger charge is 2.30. The number of hydrogen-bond donors (Lipinski definition) is 2. The van der Waals surface area contributed by atoms with Crippen molar-refractivity contribution >= 4 is 40.5 Å². The Kier molecular flexibility index (Phi) is 9.33. The number of piperazine rings is 1. The van der Waals surface area contributed by atoms with E-state index in [0.29, 0.717) is 29.1 Å². The second-order valence-electron chi connectivity index (χ2n) is 12.7. The molecule has 2 heterocycles. The van der Waals surface area contributed by atoms with Crippen molar-refractivity contribution < 1.29 is 14.0 Å². The van der Waals surface area contributed by atoms with Gasteiger partial charge < -0.3 is 29.8 Å². The van der Waals surface area contributed by atoms with E-state index in [9.17, 15) is 9.59 Å². The van der Waals surface area contributed by atoms with Gasteiger partial charge >= 0.3 is 0 Å². The van der Waals surface area contributed by atoms with Gasteiger partial charge in [0.25, 0.3) is 11.8 Å². The normalized spacial score (nSPS) is 14.9. The fraction of sp³-hybridized carbons (Fsp3) is 0.361. The molecular weight excluding hydrogens is 600 g/mol. The number of aryl methyl sites for hydroxylation is 2. The van der Waals surface area contributed by atoms with Crippen LogP contribution in [-0.4, -0.2) is 62.0 Å². The molecule has 10 heteroatoms. The van der Waals surface area contributed by atoms with Gasteiger partial charge in [0.2, 0.25) is 0 Å². The summed E-state index contributed by atoms with van der Waals surface area (Å²) < 4.78 is 5.57. The molecule has 4 aromatic rings. The van der Waals surface area contributed by atoms with Crippen molar-refractivity contribution in [2.75, 3.05) is 55.4 Å². The van der Waals surface area contributed by atoms with Gasteiger partial charge in [-0.25, -0.2) is 4.98 Å². The monoisotopic (exact) mass is 640 g/mol. The van der Waals surface area contributed by atoms with E-state index < -0.39 is 5.91 Å². The lowest BCUT2D eigenvalue weighted by molar-refractivity contribution is 0.0949. The molecule has 2 fully saturated rings. The first-order valence-corrected chi connectivity index (χ1v) is 16.2. The van der Waals surface area contributed by atoms with Crippen LogP contribution in [0.2, 0.25) is 5.02 Å². The zero-order valence-corrected chi connectivity index (χ0v) is 27.7. The summed E-state index contributed by atoms with van der Waals surface area (Å²) in [5.41, 5.74) is 7.64. The molecule has 9 nitrogen and oxygen atoms in total. The van der Waals surface area contributed by atoms with Crippen molar-refractivity contribution in [3.05, 3.63) is 105 Å². The van der Waals surface area contributed by atoms with Crippen LogP contribution >= 0.6 is 11.6 Å². The minimum absolute atomic E-state index is 0.214. The Morgan fingerprint density at radius 1 is 0.935 bits per heavy atom. The maximum absolute atomic E-state index is 13.5. The number of anilines is 3. The van der Waals surface area contributed by atoms with Crippen LogP contribution in [-0.2, 0) is 13.1 Å². The minimum Gasteiger partial charge on any atom is -0.448 e. The van der Waals surface area contributed by atoms with E-state index in [4.69, 9.17) is 16.0 Å². The van der Waals surface area contributed by atoms with Gasteiger partial charge in [0.1, 0.15) is 6.26 Å². The Balaban J connectivity index is 1.23. The number of oxazole rings is 1. The number of nitrogens with one attached hydrogen (secondary N) is 2. The van der Waals surface area contributed by atoms with E-state index in [0.717, 1.165) is 56.8 Å². The maximum Gasteiger partial charge on any atom is 0.277 e. The predicted octanol–water partition coefficient (Wildman–Crippen LogP) is 6.39. The molecule has 0 bridgehead atoms. The van der Waals surface area contributed by atoms with Crippen molar-refractivity contribution in [3.8, 4) is 0 Å². The van der Waals surface area contributed by atoms with Gasteiger partial charge in [-0.3, -0.25) is 9.59 Å². The third kappa shape index (κ3) is 7.37. The molecule has 0 spiro atoms. The van der Waals surface area contributed by atoms with Crippen molar-refractivity contribution in [3.63, 3.8) is 0 Å². The molecular formula is C36H41ClN6O3. The standard InChI is InChI=1S/C36H41ClN6O3/c1-23-8-9-24(2)32(16-23)42-12-14-43(15-13-42)33-19-29(37)28(34(44)38-20-25-6-5-7-26(17-25)21-41(3)4)18-30(33)39-35(45)31-22-46-36(40-31)27-10-11-27/h5-9,16-19,22,27H,10-15,20-21H2,1-4H3,(H,38,44)(H,39,45). The summed E-state index contributed by atoms with van der Waals surface area (Å²) in [6, 6.07) is 18.1. The lowest BCUT2D eigenvalue weighted by Gasteiger charge is -2.39. The van der Waals surface area contributed by atoms with Crippen LogP contribution in [0.3, 0.4) is 0 Å². The Morgan fingerprint density at radius 3 is 2.37 bits per heavy atom. The minimum atomic E-state index is -0.391. The van der Waals surface area contributed by atoms with Gasteiger partial charge in [-0.2, -0.15) is 0 Å². The van der Waals surface area contributed by atoms with E-state index in [2.05, 4.69) is 74.5 Å². The van der Waals surface area contributed by atoms with Crippen molar-refractivity contribution in [1.82, 2.24) is 15.2 Å². The molecule has 46 heavy (non-hydrogen) atoms. The molecule has 0 atom stereocenters. The van der Waals surface area contributed by atoms with Gasteiger partial charge in [-0.05, 0) is 81.2 Å². The Labute approximate surface area is 275 Å². The summed E-state index contributed by atoms with van der Waals surface area (Å²) >= 11 is 6.80. The summed E-state index contributed by atoms with van der Waals surface area (Å²) in [5.74, 6) is 0.179. The highest BCUT2D eigenvalue weighted by molar-refractivity contribution is 6.34. The van der Waals surface area contributed by atoms with Crippen LogP contribution in [0.25, 0.3) is 0 Å². The lowest BCUT2D eigenvalue weighted by atomic mass is 10.1. The molecule has 2 amide bonds. The summed E-state index contributed by atoms with van der Waals surface area (Å²) in [6.45, 7) is 8.45. The van der Waals surface area contributed by atoms with E-state index in [-0.39, 0.29) is 17.2 Å². The fourth-order valence-electron chi connectivity index (χ4n) is 5.92. The number of nitrogens with zero attached hydrogens (tertiary/aromatic N) is 4. The third-order valence-corrected chi connectivity index (χ3v) is 8.84. The zero-order chi connectivity index (χ0) is 32.4. The molecule has 2 aliphatic rings. The number of carbonyl (C=O) groups is 2. The number of hydrogen-bond acceptors (Lipinski definition) is 7. The van der Waals surface area contributed by atoms with E-state index >= 15 is 0 Å². The third-order valence-electron chi connectivity index (χ3n) is 8.53. The van der Waals surface area contributed by atoms with E-state index in [1.165, 1.54) is 28.6 Å². The van der Waals surface area contributed by atoms with Crippen LogP contribution in [0.1, 0.15) is 67.8 Å². The summed E-state index contributed by atoms with van der Waals surface area (Å²) in [6.07, 6.45) is 3.45. The summed E-state index contributed by atoms with van der Waals surface area (Å²) in [5, 5.41) is 6.35. The number of aromatic nitrogens is 1. The SMILES string of the molecule is Cc1ccc(C)c(N2CCN(c3cc(Cl)c(C(=O)NCc4cccc(CN(C)C)c4)cc3NC(=O)c3coc(C4CC4)n3)CC2)c1. The summed E-state index contributed by atoms with van der Waals surface area (Å²) in [4.78, 5) is 38.0. The first kappa shape index (κ1) is 31.6. The smallest absolute Gasteiger partial charge is 0.277 e. The van der Waals surface area contributed by atoms with Crippen LogP contribution in [0.5, 0.6) is 0 Å². The highest BCUT2D eigenvalue weighted by atomic mass is 35.5. The highest BCUT2D eigenvalue weighted by Crippen LogP contribution is 2.39. The van der Waals surface area contributed by atoms with Gasteiger partial charge in [-0.1, -0.05) is 48.0 Å². The number of halogens is 1. The quantitative estimate of drug-likeness (QED) is 0.207. The summed E-state index contributed by atoms with van der Waals surface area (Å²) in [7, 11) is 4.05. The van der Waals surface area contributed by atoms with Gasteiger partial charge in [0.15, 0.2) is 11.6 Å². The van der Waals surface area contributed by atoms with E-state index in [1.807, 2.05) is 26.2 Å². The first-order valence-electron chi connectivity index (χ1n) is 15.8. The second kappa shape index (κ2) is 13.6. The van der Waals surface area contributed by atoms with Crippen LogP contribution in [0, 0.1) is 13.8 Å². The van der Waals surface area contributed by atoms with E-state index in [1.54, 1.807) is 12.1 Å². The van der Waals surface area contributed by atoms with Crippen LogP contribution in [0.4, 0.5) is 17.1 Å². The predicted molar refractivity (Wildman–Crippen MR) is 183 cm³/mol. The molecule has 1 saturated carbocycles. The fourth-order valence-corrected chi connectivity index (χ4v) is 6.17. The number of carbonyl (C=O) groups excluding carboxylic acids is 2. The van der Waals surface area contributed by atoms with Gasteiger partial charge in [0, 0.05) is 50.9 Å². The van der Waals surface area contributed by atoms with Crippen molar-refractivity contribution in [1.29, 1.82) is 0 Å². The van der Waals surface area contributed by atoms with Crippen molar-refractivity contribution in [2.45, 2.75) is 45.7 Å². The molecule has 240 valence electrons. The number of benzene rings is 3. The lowest BCUT2D eigenvalue weighted by Crippen LogP contribution is -2.47. The second-order valence-corrected chi connectivity index (χ2v) is 13.1. The molecule has 1 aliphatic carbocycles. The average Bonchev–Trinajstić information content (AvgIpc) is 3.77. The maximum atomic E-state index is 13.5. The first-order chi connectivity index (χ1) is 22.1. The molecule has 6 rings (SSSR count). The average molecular weight is 641 g/mol. The topological polar surface area (TPSA) is 94.0 Å². The Morgan fingerprint density at radius 2 is 1.65 bits per heavy atom. The number of rotatable bonds is 10. The molecule has 0 radical (unpaired) electrons. The van der Waals surface area contributed by atoms with Crippen LogP contribution < -0.4 is 20.4 Å². The van der Waals surface area contributed by atoms with Crippen molar-refractivity contribution in [2.24, 2.45) is 0 Å². The molecule has 3 aromatic carbocycles.